The summed E-state index contributed by atoms with van der Waals surface area (Å²) in [5, 5.41) is 18.9. The second kappa shape index (κ2) is 7.13. The van der Waals surface area contributed by atoms with Gasteiger partial charge in [-0.15, -0.1) is 0 Å². The maximum Gasteiger partial charge on any atom is 0.448 e. The number of hydrogen-bond acceptors (Lipinski definition) is 3. The molecule has 0 fully saturated rings. The van der Waals surface area contributed by atoms with E-state index in [0.29, 0.717) is 6.42 Å². The summed E-state index contributed by atoms with van der Waals surface area (Å²) < 4.78 is 14.6. The Morgan fingerprint density at radius 3 is 2.43 bits per heavy atom. The summed E-state index contributed by atoms with van der Waals surface area (Å²) in [4.78, 5) is 18.1. The van der Waals surface area contributed by atoms with Gasteiger partial charge in [-0.2, -0.15) is 4.76 Å². The molecular weight excluding hydrogens is 317 g/mol. The minimum absolute atomic E-state index is 0.0777. The van der Waals surface area contributed by atoms with Gasteiger partial charge >= 0.3 is 7.75 Å². The minimum Gasteiger partial charge on any atom is -0.508 e. The van der Waals surface area contributed by atoms with Gasteiger partial charge in [-0.1, -0.05) is 25.1 Å². The molecule has 0 aromatic heterocycles. The van der Waals surface area contributed by atoms with Gasteiger partial charge in [0.2, 0.25) is 0 Å². The molecule has 0 aliphatic heterocycles. The first kappa shape index (κ1) is 17.5. The molecule has 6 nitrogen and oxygen atoms in total. The van der Waals surface area contributed by atoms with E-state index < -0.39 is 7.75 Å². The lowest BCUT2D eigenvalue weighted by Gasteiger charge is -2.23. The number of phenols is 1. The fourth-order valence-electron chi connectivity index (χ4n) is 2.66. The van der Waals surface area contributed by atoms with Gasteiger partial charge in [-0.05, 0) is 42.5 Å². The van der Waals surface area contributed by atoms with Crippen molar-refractivity contribution in [2.45, 2.75) is 25.7 Å². The number of aliphatic hydroxyl groups is 1. The summed E-state index contributed by atoms with van der Waals surface area (Å²) in [7, 11) is -4.56. The normalized spacial score (nSPS) is 21.3. The zero-order valence-corrected chi connectivity index (χ0v) is 13.6. The average Bonchev–Trinajstić information content (AvgIpc) is 2.46. The summed E-state index contributed by atoms with van der Waals surface area (Å²) in [5.41, 5.74) is 1.21. The van der Waals surface area contributed by atoms with Crippen molar-refractivity contribution in [3.05, 3.63) is 53.8 Å². The van der Waals surface area contributed by atoms with Crippen LogP contribution in [-0.2, 0) is 4.57 Å². The standard InChI is InChI=1S/C16H20NO5P/c1-2-11(12-3-6-14(18)7-4-12)9-13-5-8-15(19)10-16(13)17-23(20,21)22/h3-8,10-11,13,18-19H,2,9H2,1H3,(H2,20,21,22). The molecule has 124 valence electrons. The second-order valence-electron chi connectivity index (χ2n) is 5.51. The highest BCUT2D eigenvalue weighted by Gasteiger charge is 2.24. The third kappa shape index (κ3) is 5.06. The van der Waals surface area contributed by atoms with E-state index in [-0.39, 0.29) is 29.1 Å². The highest BCUT2D eigenvalue weighted by atomic mass is 31.2. The van der Waals surface area contributed by atoms with Gasteiger partial charge in [0.05, 0.1) is 5.71 Å². The van der Waals surface area contributed by atoms with Crippen LogP contribution >= 0.6 is 7.75 Å². The van der Waals surface area contributed by atoms with Crippen LogP contribution in [0.25, 0.3) is 0 Å². The number of allylic oxidation sites excluding steroid dienone is 3. The van der Waals surface area contributed by atoms with E-state index in [1.54, 1.807) is 18.2 Å². The molecule has 0 radical (unpaired) electrons. The zero-order chi connectivity index (χ0) is 17.0. The second-order valence-corrected chi connectivity index (χ2v) is 6.73. The van der Waals surface area contributed by atoms with Crippen molar-refractivity contribution in [2.24, 2.45) is 10.7 Å². The lowest BCUT2D eigenvalue weighted by Crippen LogP contribution is -2.17. The maximum absolute atomic E-state index is 11.2. The fourth-order valence-corrected chi connectivity index (χ4v) is 3.17. The van der Waals surface area contributed by atoms with Crippen molar-refractivity contribution in [3.63, 3.8) is 0 Å². The van der Waals surface area contributed by atoms with Crippen LogP contribution in [0.1, 0.15) is 31.2 Å². The van der Waals surface area contributed by atoms with Crippen LogP contribution in [0.5, 0.6) is 5.75 Å². The van der Waals surface area contributed by atoms with Gasteiger partial charge in [0.15, 0.2) is 0 Å². The largest absolute Gasteiger partial charge is 0.508 e. The molecule has 0 saturated carbocycles. The van der Waals surface area contributed by atoms with Crippen molar-refractivity contribution in [1.82, 2.24) is 0 Å². The molecule has 4 N–H and O–H groups in total. The summed E-state index contributed by atoms with van der Waals surface area (Å²) >= 11 is 0. The van der Waals surface area contributed by atoms with Crippen LogP contribution in [0.4, 0.5) is 0 Å². The molecule has 7 heteroatoms. The Morgan fingerprint density at radius 1 is 1.22 bits per heavy atom. The summed E-state index contributed by atoms with van der Waals surface area (Å²) in [6.07, 6.45) is 5.92. The van der Waals surface area contributed by atoms with Gasteiger partial charge in [-0.25, -0.2) is 4.57 Å². The van der Waals surface area contributed by atoms with Crippen LogP contribution in [0.2, 0.25) is 0 Å². The number of rotatable bonds is 5. The van der Waals surface area contributed by atoms with E-state index >= 15 is 0 Å². The molecule has 23 heavy (non-hydrogen) atoms. The fraction of sp³-hybridized carbons (Fsp3) is 0.312. The van der Waals surface area contributed by atoms with Crippen LogP contribution in [0.15, 0.2) is 53.0 Å². The monoisotopic (exact) mass is 337 g/mol. The molecule has 2 rings (SSSR count). The zero-order valence-electron chi connectivity index (χ0n) is 12.7. The first-order valence-electron chi connectivity index (χ1n) is 7.32. The number of aliphatic hydroxyl groups excluding tert-OH is 1. The van der Waals surface area contributed by atoms with Crippen LogP contribution < -0.4 is 0 Å². The summed E-state index contributed by atoms with van der Waals surface area (Å²) in [6.45, 7) is 2.02. The smallest absolute Gasteiger partial charge is 0.448 e. The molecular formula is C16H20NO5P. The number of nitrogens with zero attached hydrogens (tertiary/aromatic N) is 1. The molecule has 0 amide bonds. The topological polar surface area (TPSA) is 110 Å². The lowest BCUT2D eigenvalue weighted by molar-refractivity contribution is 0.374. The van der Waals surface area contributed by atoms with Crippen LogP contribution in [-0.4, -0.2) is 25.7 Å². The Kier molecular flexibility index (Phi) is 5.42. The number of hydrogen-bond donors (Lipinski definition) is 4. The molecule has 1 aromatic carbocycles. The third-order valence-electron chi connectivity index (χ3n) is 3.82. The van der Waals surface area contributed by atoms with Crippen LogP contribution in [0, 0.1) is 5.92 Å². The molecule has 1 aliphatic rings. The predicted molar refractivity (Wildman–Crippen MR) is 88.6 cm³/mol. The Morgan fingerprint density at radius 2 is 1.87 bits per heavy atom. The van der Waals surface area contributed by atoms with E-state index in [4.69, 9.17) is 9.79 Å². The van der Waals surface area contributed by atoms with E-state index in [1.807, 2.05) is 19.1 Å². The van der Waals surface area contributed by atoms with Crippen molar-refractivity contribution < 1.29 is 24.6 Å². The number of benzene rings is 1. The van der Waals surface area contributed by atoms with Gasteiger partial charge in [0.25, 0.3) is 0 Å². The van der Waals surface area contributed by atoms with Crippen molar-refractivity contribution in [3.8, 4) is 5.75 Å². The highest BCUT2D eigenvalue weighted by Crippen LogP contribution is 2.39. The van der Waals surface area contributed by atoms with Crippen molar-refractivity contribution in [1.29, 1.82) is 0 Å². The Balaban J connectivity index is 2.25. The van der Waals surface area contributed by atoms with E-state index in [2.05, 4.69) is 4.76 Å². The summed E-state index contributed by atoms with van der Waals surface area (Å²) in [5.74, 6) is -0.0398. The van der Waals surface area contributed by atoms with Crippen LogP contribution in [0.3, 0.4) is 0 Å². The minimum atomic E-state index is -4.56. The highest BCUT2D eigenvalue weighted by molar-refractivity contribution is 7.50. The van der Waals surface area contributed by atoms with Gasteiger partial charge < -0.3 is 20.0 Å². The molecule has 1 aliphatic carbocycles. The first-order valence-corrected chi connectivity index (χ1v) is 8.88. The molecule has 0 spiro atoms. The molecule has 2 unspecified atom stereocenters. The van der Waals surface area contributed by atoms with Crippen molar-refractivity contribution in [2.75, 3.05) is 0 Å². The van der Waals surface area contributed by atoms with E-state index in [0.717, 1.165) is 12.0 Å². The quantitative estimate of drug-likeness (QED) is 0.615. The number of phenolic OH excluding ortho intramolecular Hbond substituents is 1. The third-order valence-corrected chi connectivity index (χ3v) is 4.31. The Hall–Kier alpha value is -1.88. The van der Waals surface area contributed by atoms with E-state index in [1.165, 1.54) is 12.2 Å². The summed E-state index contributed by atoms with van der Waals surface area (Å²) in [6, 6.07) is 6.91. The average molecular weight is 337 g/mol. The van der Waals surface area contributed by atoms with Gasteiger partial charge in [0, 0.05) is 12.0 Å². The lowest BCUT2D eigenvalue weighted by atomic mass is 9.83. The molecule has 0 bridgehead atoms. The predicted octanol–water partition coefficient (Wildman–Crippen LogP) is 3.44. The van der Waals surface area contributed by atoms with Gasteiger partial charge in [0.1, 0.15) is 11.5 Å². The van der Waals surface area contributed by atoms with E-state index in [9.17, 15) is 14.8 Å². The molecule has 2 atom stereocenters. The number of aromatic hydroxyl groups is 1. The Bertz CT molecular complexity index is 687. The first-order chi connectivity index (χ1) is 10.8. The molecule has 0 heterocycles. The Labute approximate surface area is 134 Å². The molecule has 0 saturated heterocycles. The molecule has 1 aromatic rings. The SMILES string of the molecule is CCC(CC1C=CC(O)=CC1=NP(=O)(O)O)c1ccc(O)cc1. The van der Waals surface area contributed by atoms with Gasteiger partial charge in [-0.3, -0.25) is 0 Å². The van der Waals surface area contributed by atoms with Crippen molar-refractivity contribution >= 4 is 13.5 Å². The maximum atomic E-state index is 11.2.